The van der Waals surface area contributed by atoms with Gasteiger partial charge >= 0.3 is 6.09 Å². The van der Waals surface area contributed by atoms with Crippen LogP contribution in [-0.4, -0.2) is 71.6 Å². The second-order valence-corrected chi connectivity index (χ2v) is 8.92. The van der Waals surface area contributed by atoms with Crippen molar-refractivity contribution in [2.24, 2.45) is 5.92 Å². The Morgan fingerprint density at radius 1 is 1.42 bits per heavy atom. The van der Waals surface area contributed by atoms with Gasteiger partial charge in [-0.2, -0.15) is 0 Å². The monoisotopic (exact) mass is 434 g/mol. The van der Waals surface area contributed by atoms with E-state index in [4.69, 9.17) is 9.47 Å². The van der Waals surface area contributed by atoms with E-state index < -0.39 is 23.4 Å². The van der Waals surface area contributed by atoms with E-state index in [1.165, 1.54) is 13.3 Å². The Morgan fingerprint density at radius 2 is 2.19 bits per heavy atom. The van der Waals surface area contributed by atoms with E-state index in [1.807, 2.05) is 20.8 Å². The number of fused-ring (bicyclic) bond motifs is 1. The number of hydrogen-bond acceptors (Lipinski definition) is 7. The average molecular weight is 435 g/mol. The number of nitrogens with zero attached hydrogens (tertiary/aromatic N) is 3. The summed E-state index contributed by atoms with van der Waals surface area (Å²) in [5, 5.41) is 12.9. The number of aliphatic hydroxyl groups is 1. The lowest BCUT2D eigenvalue weighted by molar-refractivity contribution is 0.0519. The normalized spacial score (nSPS) is 18.2. The SMILES string of the molecule is COc1ccc2ncc(F)c(C(CO)CN3CC[C@@H](CNC(=O)OC(C)(C)C)C3)c2n1. The summed E-state index contributed by atoms with van der Waals surface area (Å²) in [6, 6.07) is 3.40. The minimum atomic E-state index is -0.533. The van der Waals surface area contributed by atoms with Crippen LogP contribution in [0.5, 0.6) is 5.88 Å². The number of aromatic nitrogens is 2. The third kappa shape index (κ3) is 6.01. The topological polar surface area (TPSA) is 96.8 Å². The zero-order chi connectivity index (χ0) is 22.6. The van der Waals surface area contributed by atoms with E-state index in [9.17, 15) is 14.3 Å². The van der Waals surface area contributed by atoms with Crippen LogP contribution in [0.25, 0.3) is 11.0 Å². The van der Waals surface area contributed by atoms with Gasteiger partial charge in [-0.25, -0.2) is 14.2 Å². The lowest BCUT2D eigenvalue weighted by Crippen LogP contribution is -2.36. The molecule has 1 aliphatic rings. The minimum absolute atomic E-state index is 0.216. The van der Waals surface area contributed by atoms with E-state index in [-0.39, 0.29) is 12.5 Å². The zero-order valence-electron chi connectivity index (χ0n) is 18.5. The fourth-order valence-corrected chi connectivity index (χ4v) is 3.89. The van der Waals surface area contributed by atoms with Crippen molar-refractivity contribution in [1.29, 1.82) is 0 Å². The number of rotatable bonds is 7. The molecule has 0 aromatic carbocycles. The summed E-state index contributed by atoms with van der Waals surface area (Å²) in [6.07, 6.45) is 1.65. The van der Waals surface area contributed by atoms with Crippen LogP contribution < -0.4 is 10.1 Å². The Balaban J connectivity index is 1.66. The van der Waals surface area contributed by atoms with Gasteiger partial charge in [0.15, 0.2) is 0 Å². The molecule has 170 valence electrons. The van der Waals surface area contributed by atoms with Gasteiger partial charge in [-0.15, -0.1) is 0 Å². The number of ether oxygens (including phenoxy) is 2. The third-order valence-electron chi connectivity index (χ3n) is 5.30. The minimum Gasteiger partial charge on any atom is -0.481 e. The molecule has 1 fully saturated rings. The first-order valence-electron chi connectivity index (χ1n) is 10.5. The molecule has 2 N–H and O–H groups in total. The molecule has 1 aliphatic heterocycles. The molecular formula is C22H31FN4O4. The van der Waals surface area contributed by atoms with E-state index >= 15 is 0 Å². The maximum Gasteiger partial charge on any atom is 0.407 e. The van der Waals surface area contributed by atoms with E-state index in [2.05, 4.69) is 20.2 Å². The Labute approximate surface area is 181 Å². The molecule has 1 unspecified atom stereocenters. The van der Waals surface area contributed by atoms with Crippen molar-refractivity contribution in [2.75, 3.05) is 39.9 Å². The van der Waals surface area contributed by atoms with Gasteiger partial charge in [0, 0.05) is 37.2 Å². The van der Waals surface area contributed by atoms with Gasteiger partial charge in [-0.05, 0) is 45.7 Å². The smallest absolute Gasteiger partial charge is 0.407 e. The lowest BCUT2D eigenvalue weighted by Gasteiger charge is -2.24. The number of likely N-dealkylation sites (tertiary alicyclic amines) is 1. The third-order valence-corrected chi connectivity index (χ3v) is 5.30. The molecule has 0 spiro atoms. The predicted molar refractivity (Wildman–Crippen MR) is 115 cm³/mol. The van der Waals surface area contributed by atoms with Crippen LogP contribution in [0.2, 0.25) is 0 Å². The maximum atomic E-state index is 14.8. The van der Waals surface area contributed by atoms with Gasteiger partial charge in [-0.1, -0.05) is 0 Å². The van der Waals surface area contributed by atoms with E-state index in [0.717, 1.165) is 19.5 Å². The molecule has 3 rings (SSSR count). The number of halogens is 1. The highest BCUT2D eigenvalue weighted by molar-refractivity contribution is 5.79. The number of hydrogen-bond donors (Lipinski definition) is 2. The van der Waals surface area contributed by atoms with Crippen molar-refractivity contribution >= 4 is 17.1 Å². The van der Waals surface area contributed by atoms with Crippen LogP contribution in [0.1, 0.15) is 38.7 Å². The van der Waals surface area contributed by atoms with Gasteiger partial charge in [0.05, 0.1) is 30.9 Å². The van der Waals surface area contributed by atoms with Gasteiger partial charge in [-0.3, -0.25) is 4.98 Å². The van der Waals surface area contributed by atoms with Crippen LogP contribution in [0.3, 0.4) is 0 Å². The van der Waals surface area contributed by atoms with E-state index in [0.29, 0.717) is 35.6 Å². The number of amides is 1. The summed E-state index contributed by atoms with van der Waals surface area (Å²) in [7, 11) is 1.50. The van der Waals surface area contributed by atoms with Gasteiger partial charge < -0.3 is 24.8 Å². The van der Waals surface area contributed by atoms with Crippen molar-refractivity contribution in [2.45, 2.75) is 38.7 Å². The zero-order valence-corrected chi connectivity index (χ0v) is 18.5. The van der Waals surface area contributed by atoms with E-state index in [1.54, 1.807) is 12.1 Å². The summed E-state index contributed by atoms with van der Waals surface area (Å²) in [6.45, 7) is 7.80. The molecule has 1 amide bonds. The Bertz CT molecular complexity index is 918. The highest BCUT2D eigenvalue weighted by Crippen LogP contribution is 2.29. The quantitative estimate of drug-likeness (QED) is 0.692. The summed E-state index contributed by atoms with van der Waals surface area (Å²) in [5.74, 6) is -0.311. The molecule has 2 aromatic heterocycles. The predicted octanol–water partition coefficient (Wildman–Crippen LogP) is 2.70. The summed E-state index contributed by atoms with van der Waals surface area (Å²) < 4.78 is 25.2. The highest BCUT2D eigenvalue weighted by atomic mass is 19.1. The second-order valence-electron chi connectivity index (χ2n) is 8.92. The van der Waals surface area contributed by atoms with Crippen LogP contribution in [0, 0.1) is 11.7 Å². The molecule has 0 aliphatic carbocycles. The van der Waals surface area contributed by atoms with Crippen LogP contribution in [0.15, 0.2) is 18.3 Å². The molecule has 0 saturated carbocycles. The van der Waals surface area contributed by atoms with Crippen LogP contribution in [-0.2, 0) is 4.74 Å². The Kier molecular flexibility index (Phi) is 7.27. The number of alkyl carbamates (subject to hydrolysis) is 1. The number of aliphatic hydroxyl groups excluding tert-OH is 1. The maximum absolute atomic E-state index is 14.8. The molecule has 0 bridgehead atoms. The molecular weight excluding hydrogens is 403 g/mol. The lowest BCUT2D eigenvalue weighted by atomic mass is 9.97. The first kappa shape index (κ1) is 23.1. The van der Waals surface area contributed by atoms with Crippen molar-refractivity contribution in [3.05, 3.63) is 29.7 Å². The van der Waals surface area contributed by atoms with Crippen LogP contribution in [0.4, 0.5) is 9.18 Å². The molecule has 0 radical (unpaired) electrons. The van der Waals surface area contributed by atoms with Crippen molar-refractivity contribution in [1.82, 2.24) is 20.2 Å². The molecule has 3 heterocycles. The number of nitrogens with one attached hydrogen (secondary N) is 1. The number of carbonyl (C=O) groups excluding carboxylic acids is 1. The number of carbonyl (C=O) groups is 1. The van der Waals surface area contributed by atoms with Gasteiger partial charge in [0.2, 0.25) is 5.88 Å². The van der Waals surface area contributed by atoms with Crippen molar-refractivity contribution in [3.8, 4) is 5.88 Å². The van der Waals surface area contributed by atoms with Gasteiger partial charge in [0.1, 0.15) is 11.4 Å². The molecule has 2 aromatic rings. The largest absolute Gasteiger partial charge is 0.481 e. The molecule has 9 heteroatoms. The first-order chi connectivity index (χ1) is 14.7. The highest BCUT2D eigenvalue weighted by Gasteiger charge is 2.28. The molecule has 1 saturated heterocycles. The van der Waals surface area contributed by atoms with Gasteiger partial charge in [0.25, 0.3) is 0 Å². The summed E-state index contributed by atoms with van der Waals surface area (Å²) >= 11 is 0. The average Bonchev–Trinajstić information content (AvgIpc) is 3.16. The molecule has 2 atom stereocenters. The summed E-state index contributed by atoms with van der Waals surface area (Å²) in [5.41, 5.74) is 0.771. The summed E-state index contributed by atoms with van der Waals surface area (Å²) in [4.78, 5) is 22.5. The van der Waals surface area contributed by atoms with Crippen molar-refractivity contribution in [3.63, 3.8) is 0 Å². The Morgan fingerprint density at radius 3 is 2.87 bits per heavy atom. The number of methoxy groups -OCH3 is 1. The molecule has 31 heavy (non-hydrogen) atoms. The fraction of sp³-hybridized carbons (Fsp3) is 0.591. The molecule has 8 nitrogen and oxygen atoms in total. The van der Waals surface area contributed by atoms with Crippen molar-refractivity contribution < 1.29 is 23.8 Å². The standard InChI is InChI=1S/C22H31FN4O4/c1-22(2,3)31-21(29)25-9-14-7-8-27(11-14)12-15(13-28)19-16(23)10-24-17-5-6-18(30-4)26-20(17)19/h5-6,10,14-15,28H,7-9,11-13H2,1-4H3,(H,25,29)/t14-,15?/m0/s1. The fourth-order valence-electron chi connectivity index (χ4n) is 3.89. The Hall–Kier alpha value is -2.52. The van der Waals surface area contributed by atoms with Crippen LogP contribution >= 0.6 is 0 Å². The second kappa shape index (κ2) is 9.74. The first-order valence-corrected chi connectivity index (χ1v) is 10.5. The number of pyridine rings is 2.